The average molecular weight is 173 g/mol. The SMILES string of the molecule is CCOC(=O)CCCC(=O)CN. The topological polar surface area (TPSA) is 69.4 Å². The van der Waals surface area contributed by atoms with E-state index < -0.39 is 0 Å². The molecule has 70 valence electrons. The van der Waals surface area contributed by atoms with Gasteiger partial charge < -0.3 is 10.5 Å². The van der Waals surface area contributed by atoms with Gasteiger partial charge in [0, 0.05) is 12.8 Å². The van der Waals surface area contributed by atoms with E-state index in [4.69, 9.17) is 5.73 Å². The standard InChI is InChI=1S/C8H15NO3/c1-2-12-8(11)5-3-4-7(10)6-9/h2-6,9H2,1H3. The molecule has 0 aliphatic carbocycles. The van der Waals surface area contributed by atoms with E-state index in [1.54, 1.807) is 6.92 Å². The molecule has 0 aromatic carbocycles. The van der Waals surface area contributed by atoms with Crippen LogP contribution in [0.15, 0.2) is 0 Å². The molecule has 0 aromatic heterocycles. The molecule has 0 aliphatic rings. The van der Waals surface area contributed by atoms with Crippen LogP contribution in [0, 0.1) is 0 Å². The molecule has 4 nitrogen and oxygen atoms in total. The second-order valence-corrected chi connectivity index (χ2v) is 2.40. The van der Waals surface area contributed by atoms with Gasteiger partial charge in [0.25, 0.3) is 0 Å². The van der Waals surface area contributed by atoms with E-state index >= 15 is 0 Å². The third-order valence-electron chi connectivity index (χ3n) is 1.37. The fraction of sp³-hybridized carbons (Fsp3) is 0.750. The molecule has 0 aliphatic heterocycles. The van der Waals surface area contributed by atoms with Crippen molar-refractivity contribution in [1.29, 1.82) is 0 Å². The van der Waals surface area contributed by atoms with Gasteiger partial charge in [0.1, 0.15) is 5.78 Å². The molecule has 0 spiro atoms. The zero-order valence-electron chi connectivity index (χ0n) is 7.34. The molecule has 0 unspecified atom stereocenters. The predicted octanol–water partition coefficient (Wildman–Crippen LogP) is 0.248. The molecule has 0 saturated heterocycles. The maximum absolute atomic E-state index is 10.7. The van der Waals surface area contributed by atoms with Crippen molar-refractivity contribution in [3.63, 3.8) is 0 Å². The predicted molar refractivity (Wildman–Crippen MR) is 44.5 cm³/mol. The molecule has 12 heavy (non-hydrogen) atoms. The molecule has 0 aromatic rings. The molecule has 0 atom stereocenters. The number of rotatable bonds is 6. The van der Waals surface area contributed by atoms with E-state index in [1.165, 1.54) is 0 Å². The summed E-state index contributed by atoms with van der Waals surface area (Å²) in [7, 11) is 0. The van der Waals surface area contributed by atoms with Gasteiger partial charge in [0.15, 0.2) is 0 Å². The van der Waals surface area contributed by atoms with Crippen LogP contribution in [0.5, 0.6) is 0 Å². The van der Waals surface area contributed by atoms with Crippen LogP contribution in [0.4, 0.5) is 0 Å². The smallest absolute Gasteiger partial charge is 0.305 e. The Balaban J connectivity index is 3.30. The largest absolute Gasteiger partial charge is 0.466 e. The molecular weight excluding hydrogens is 158 g/mol. The summed E-state index contributed by atoms with van der Waals surface area (Å²) < 4.78 is 4.68. The highest BCUT2D eigenvalue weighted by Gasteiger charge is 2.03. The van der Waals surface area contributed by atoms with E-state index in [0.717, 1.165) is 0 Å². The van der Waals surface area contributed by atoms with Crippen LogP contribution in [0.1, 0.15) is 26.2 Å². The van der Waals surface area contributed by atoms with E-state index in [9.17, 15) is 9.59 Å². The molecule has 0 rings (SSSR count). The minimum Gasteiger partial charge on any atom is -0.466 e. The van der Waals surface area contributed by atoms with Crippen molar-refractivity contribution < 1.29 is 14.3 Å². The first-order valence-electron chi connectivity index (χ1n) is 4.08. The molecule has 4 heteroatoms. The molecule has 0 amide bonds. The van der Waals surface area contributed by atoms with Gasteiger partial charge in [0.05, 0.1) is 13.2 Å². The van der Waals surface area contributed by atoms with Crippen LogP contribution in [0.25, 0.3) is 0 Å². The molecule has 0 bridgehead atoms. The Labute approximate surface area is 72.1 Å². The number of Topliss-reactive ketones (excluding diaryl/α,β-unsaturated/α-hetero) is 1. The lowest BCUT2D eigenvalue weighted by molar-refractivity contribution is -0.143. The van der Waals surface area contributed by atoms with Crippen molar-refractivity contribution in [3.05, 3.63) is 0 Å². The highest BCUT2D eigenvalue weighted by molar-refractivity contribution is 5.80. The normalized spacial score (nSPS) is 9.50. The van der Waals surface area contributed by atoms with Crippen molar-refractivity contribution in [2.45, 2.75) is 26.2 Å². The van der Waals surface area contributed by atoms with Gasteiger partial charge in [-0.25, -0.2) is 0 Å². The van der Waals surface area contributed by atoms with E-state index in [2.05, 4.69) is 4.74 Å². The van der Waals surface area contributed by atoms with Crippen LogP contribution in [-0.4, -0.2) is 24.9 Å². The number of carbonyl (C=O) groups excluding carboxylic acids is 2. The Kier molecular flexibility index (Phi) is 6.28. The summed E-state index contributed by atoms with van der Waals surface area (Å²) in [5.41, 5.74) is 5.08. The Morgan fingerprint density at radius 2 is 2.00 bits per heavy atom. The lowest BCUT2D eigenvalue weighted by Crippen LogP contribution is -2.13. The molecule has 0 saturated carbocycles. The van der Waals surface area contributed by atoms with Crippen LogP contribution in [0.3, 0.4) is 0 Å². The first-order valence-corrected chi connectivity index (χ1v) is 4.08. The van der Waals surface area contributed by atoms with Gasteiger partial charge in [-0.2, -0.15) is 0 Å². The number of hydrogen-bond acceptors (Lipinski definition) is 4. The third kappa shape index (κ3) is 5.85. The van der Waals surface area contributed by atoms with Crippen LogP contribution in [0.2, 0.25) is 0 Å². The summed E-state index contributed by atoms with van der Waals surface area (Å²) >= 11 is 0. The average Bonchev–Trinajstić information content (AvgIpc) is 2.04. The summed E-state index contributed by atoms with van der Waals surface area (Å²) in [6.07, 6.45) is 1.21. The fourth-order valence-corrected chi connectivity index (χ4v) is 0.765. The third-order valence-corrected chi connectivity index (χ3v) is 1.37. The molecule has 0 fully saturated rings. The Morgan fingerprint density at radius 1 is 1.33 bits per heavy atom. The lowest BCUT2D eigenvalue weighted by atomic mass is 10.2. The first-order chi connectivity index (χ1) is 5.70. The maximum atomic E-state index is 10.7. The molecule has 2 N–H and O–H groups in total. The van der Waals surface area contributed by atoms with E-state index in [0.29, 0.717) is 25.9 Å². The number of esters is 1. The van der Waals surface area contributed by atoms with Crippen LogP contribution < -0.4 is 5.73 Å². The van der Waals surface area contributed by atoms with Crippen molar-refractivity contribution in [3.8, 4) is 0 Å². The van der Waals surface area contributed by atoms with Gasteiger partial charge in [-0.3, -0.25) is 9.59 Å². The van der Waals surface area contributed by atoms with E-state index in [1.807, 2.05) is 0 Å². The molecule has 0 heterocycles. The Bertz CT molecular complexity index is 156. The first kappa shape index (κ1) is 11.1. The number of carbonyl (C=O) groups is 2. The lowest BCUT2D eigenvalue weighted by Gasteiger charge is -1.99. The number of ether oxygens (including phenoxy) is 1. The zero-order chi connectivity index (χ0) is 9.40. The second kappa shape index (κ2) is 6.79. The number of ketones is 1. The van der Waals surface area contributed by atoms with Gasteiger partial charge in [0.2, 0.25) is 0 Å². The van der Waals surface area contributed by atoms with Gasteiger partial charge in [-0.05, 0) is 13.3 Å². The summed E-state index contributed by atoms with van der Waals surface area (Å²) in [5, 5.41) is 0. The van der Waals surface area contributed by atoms with Crippen molar-refractivity contribution >= 4 is 11.8 Å². The van der Waals surface area contributed by atoms with Crippen LogP contribution in [-0.2, 0) is 14.3 Å². The Hall–Kier alpha value is -0.900. The second-order valence-electron chi connectivity index (χ2n) is 2.40. The van der Waals surface area contributed by atoms with Crippen LogP contribution >= 0.6 is 0 Å². The summed E-state index contributed by atoms with van der Waals surface area (Å²) in [5.74, 6) is -0.262. The van der Waals surface area contributed by atoms with Crippen molar-refractivity contribution in [1.82, 2.24) is 0 Å². The van der Waals surface area contributed by atoms with Gasteiger partial charge in [-0.15, -0.1) is 0 Å². The monoisotopic (exact) mass is 173 g/mol. The highest BCUT2D eigenvalue weighted by Crippen LogP contribution is 1.97. The number of nitrogens with two attached hydrogens (primary N) is 1. The highest BCUT2D eigenvalue weighted by atomic mass is 16.5. The molecular formula is C8H15NO3. The zero-order valence-corrected chi connectivity index (χ0v) is 7.34. The van der Waals surface area contributed by atoms with Gasteiger partial charge >= 0.3 is 5.97 Å². The maximum Gasteiger partial charge on any atom is 0.305 e. The minimum atomic E-state index is -0.248. The minimum absolute atomic E-state index is 0.0145. The fourth-order valence-electron chi connectivity index (χ4n) is 0.765. The van der Waals surface area contributed by atoms with Gasteiger partial charge in [-0.1, -0.05) is 0 Å². The van der Waals surface area contributed by atoms with Crippen molar-refractivity contribution in [2.75, 3.05) is 13.2 Å². The number of hydrogen-bond donors (Lipinski definition) is 1. The Morgan fingerprint density at radius 3 is 2.50 bits per heavy atom. The molecule has 0 radical (unpaired) electrons. The van der Waals surface area contributed by atoms with Crippen molar-refractivity contribution in [2.24, 2.45) is 5.73 Å². The van der Waals surface area contributed by atoms with E-state index in [-0.39, 0.29) is 18.3 Å². The summed E-state index contributed by atoms with van der Waals surface area (Å²) in [4.78, 5) is 21.4. The summed E-state index contributed by atoms with van der Waals surface area (Å²) in [6.45, 7) is 2.20. The summed E-state index contributed by atoms with van der Waals surface area (Å²) in [6, 6.07) is 0. The quantitative estimate of drug-likeness (QED) is 0.584.